The molecule has 1 atom stereocenters. The number of primary amides is 1. The van der Waals surface area contributed by atoms with E-state index < -0.39 is 12.0 Å². The maximum absolute atomic E-state index is 12.5. The summed E-state index contributed by atoms with van der Waals surface area (Å²) in [4.78, 5) is 23.9. The number of aryl methyl sites for hydroxylation is 1. The molecule has 5 nitrogen and oxygen atoms in total. The highest BCUT2D eigenvalue weighted by Gasteiger charge is 2.20. The summed E-state index contributed by atoms with van der Waals surface area (Å²) in [5, 5.41) is 2.73. The quantitative estimate of drug-likeness (QED) is 0.879. The van der Waals surface area contributed by atoms with E-state index in [-0.39, 0.29) is 11.5 Å². The molecule has 0 unspecified atom stereocenters. The summed E-state index contributed by atoms with van der Waals surface area (Å²) >= 11 is 0. The van der Waals surface area contributed by atoms with Gasteiger partial charge in [0.25, 0.3) is 11.8 Å². The molecule has 2 aromatic carbocycles. The maximum atomic E-state index is 12.5. The van der Waals surface area contributed by atoms with Crippen LogP contribution in [0.15, 0.2) is 42.5 Å². The Labute approximate surface area is 147 Å². The number of anilines is 1. The Morgan fingerprint density at radius 1 is 1.08 bits per heavy atom. The summed E-state index contributed by atoms with van der Waals surface area (Å²) in [5.41, 5.74) is 8.52. The van der Waals surface area contributed by atoms with Crippen molar-refractivity contribution in [3.63, 3.8) is 0 Å². The number of rotatable bonds is 5. The van der Waals surface area contributed by atoms with Crippen molar-refractivity contribution in [3.8, 4) is 5.75 Å². The molecule has 1 aliphatic carbocycles. The summed E-state index contributed by atoms with van der Waals surface area (Å²) in [6.45, 7) is 1.70. The van der Waals surface area contributed by atoms with Gasteiger partial charge >= 0.3 is 0 Å². The van der Waals surface area contributed by atoms with Gasteiger partial charge in [0.15, 0.2) is 6.10 Å². The molecule has 0 aromatic heterocycles. The second-order valence-electron chi connectivity index (χ2n) is 6.26. The Hall–Kier alpha value is -2.82. The highest BCUT2D eigenvalue weighted by Crippen LogP contribution is 2.30. The normalized spacial score (nSPS) is 14.3. The van der Waals surface area contributed by atoms with Gasteiger partial charge < -0.3 is 15.8 Å². The zero-order valence-corrected chi connectivity index (χ0v) is 14.2. The van der Waals surface area contributed by atoms with E-state index in [9.17, 15) is 9.59 Å². The van der Waals surface area contributed by atoms with Gasteiger partial charge in [-0.25, -0.2) is 0 Å². The van der Waals surface area contributed by atoms with Crippen molar-refractivity contribution in [1.82, 2.24) is 0 Å². The predicted octanol–water partition coefficient (Wildman–Crippen LogP) is 3.07. The van der Waals surface area contributed by atoms with E-state index in [4.69, 9.17) is 10.5 Å². The van der Waals surface area contributed by atoms with Gasteiger partial charge in [0, 0.05) is 0 Å². The van der Waals surface area contributed by atoms with Crippen LogP contribution in [0.5, 0.6) is 5.75 Å². The molecule has 0 saturated carbocycles. The fraction of sp³-hybridized carbons (Fsp3) is 0.300. The topological polar surface area (TPSA) is 81.4 Å². The number of benzene rings is 2. The van der Waals surface area contributed by atoms with E-state index in [1.54, 1.807) is 31.2 Å². The summed E-state index contributed by atoms with van der Waals surface area (Å²) in [7, 11) is 0. The largest absolute Gasteiger partial charge is 0.481 e. The number of hydrogen-bond donors (Lipinski definition) is 2. The molecule has 0 spiro atoms. The standard InChI is InChI=1S/C20H22N2O3/c1-13(20(24)22-17-11-5-4-10-16(17)19(21)23)25-18-12-6-8-14-7-2-3-9-15(14)18/h4-6,8,10-13H,2-3,7,9H2,1H3,(H2,21,23)(H,22,24)/t13-/m1/s1. The van der Waals surface area contributed by atoms with E-state index in [2.05, 4.69) is 11.4 Å². The SMILES string of the molecule is C[C@@H](Oc1cccc2c1CCCC2)C(=O)Nc1ccccc1C(N)=O. The molecule has 3 rings (SSSR count). The molecule has 0 fully saturated rings. The number of carbonyl (C=O) groups excluding carboxylic acids is 2. The average Bonchev–Trinajstić information content (AvgIpc) is 2.62. The molecular weight excluding hydrogens is 316 g/mol. The van der Waals surface area contributed by atoms with E-state index in [1.165, 1.54) is 17.5 Å². The fourth-order valence-corrected chi connectivity index (χ4v) is 3.14. The Morgan fingerprint density at radius 2 is 1.84 bits per heavy atom. The zero-order chi connectivity index (χ0) is 17.8. The minimum atomic E-state index is -0.686. The Bertz CT molecular complexity index is 801. The van der Waals surface area contributed by atoms with Crippen LogP contribution in [-0.4, -0.2) is 17.9 Å². The van der Waals surface area contributed by atoms with Crippen molar-refractivity contribution in [3.05, 3.63) is 59.2 Å². The number of hydrogen-bond acceptors (Lipinski definition) is 3. The Balaban J connectivity index is 1.73. The van der Waals surface area contributed by atoms with Gasteiger partial charge in [0.1, 0.15) is 5.75 Å². The molecule has 0 heterocycles. The van der Waals surface area contributed by atoms with Crippen molar-refractivity contribution < 1.29 is 14.3 Å². The second kappa shape index (κ2) is 7.38. The molecule has 0 aliphatic heterocycles. The van der Waals surface area contributed by atoms with Gasteiger partial charge in [-0.2, -0.15) is 0 Å². The number of nitrogens with one attached hydrogen (secondary N) is 1. The van der Waals surface area contributed by atoms with Crippen molar-refractivity contribution in [2.75, 3.05) is 5.32 Å². The molecule has 0 saturated heterocycles. The first-order chi connectivity index (χ1) is 12.1. The van der Waals surface area contributed by atoms with Crippen LogP contribution in [0.4, 0.5) is 5.69 Å². The molecule has 5 heteroatoms. The minimum Gasteiger partial charge on any atom is -0.481 e. The van der Waals surface area contributed by atoms with E-state index in [1.807, 2.05) is 12.1 Å². The maximum Gasteiger partial charge on any atom is 0.265 e. The molecular formula is C20H22N2O3. The molecule has 25 heavy (non-hydrogen) atoms. The number of fused-ring (bicyclic) bond motifs is 1. The van der Waals surface area contributed by atoms with Crippen LogP contribution in [-0.2, 0) is 17.6 Å². The van der Waals surface area contributed by atoms with E-state index >= 15 is 0 Å². The molecule has 0 radical (unpaired) electrons. The zero-order valence-electron chi connectivity index (χ0n) is 14.2. The summed E-state index contributed by atoms with van der Waals surface area (Å²) in [6, 6.07) is 12.7. The van der Waals surface area contributed by atoms with Gasteiger partial charge in [0.2, 0.25) is 0 Å². The van der Waals surface area contributed by atoms with E-state index in [0.717, 1.165) is 25.0 Å². The second-order valence-corrected chi connectivity index (χ2v) is 6.26. The Kier molecular flexibility index (Phi) is 5.03. The van der Waals surface area contributed by atoms with Crippen molar-refractivity contribution in [2.24, 2.45) is 5.73 Å². The highest BCUT2D eigenvalue weighted by molar-refractivity contribution is 6.03. The first-order valence-electron chi connectivity index (χ1n) is 8.53. The summed E-state index contributed by atoms with van der Waals surface area (Å²) in [5.74, 6) is -0.133. The average molecular weight is 338 g/mol. The van der Waals surface area contributed by atoms with Gasteiger partial charge in [-0.1, -0.05) is 24.3 Å². The smallest absolute Gasteiger partial charge is 0.265 e. The highest BCUT2D eigenvalue weighted by atomic mass is 16.5. The third-order valence-corrected chi connectivity index (χ3v) is 4.48. The van der Waals surface area contributed by atoms with Crippen molar-refractivity contribution in [2.45, 2.75) is 38.7 Å². The lowest BCUT2D eigenvalue weighted by Gasteiger charge is -2.22. The number of amides is 2. The van der Waals surface area contributed by atoms with Crippen LogP contribution in [0.3, 0.4) is 0 Å². The van der Waals surface area contributed by atoms with E-state index in [0.29, 0.717) is 5.69 Å². The van der Waals surface area contributed by atoms with Gasteiger partial charge in [-0.05, 0) is 61.9 Å². The summed E-state index contributed by atoms with van der Waals surface area (Å²) in [6.07, 6.45) is 3.68. The number of ether oxygens (including phenoxy) is 1. The lowest BCUT2D eigenvalue weighted by Crippen LogP contribution is -2.31. The third kappa shape index (κ3) is 3.82. The van der Waals surface area contributed by atoms with Crippen molar-refractivity contribution in [1.29, 1.82) is 0 Å². The molecule has 2 amide bonds. The van der Waals surface area contributed by atoms with Crippen LogP contribution in [0, 0.1) is 0 Å². The van der Waals surface area contributed by atoms with Crippen LogP contribution in [0.1, 0.15) is 41.3 Å². The minimum absolute atomic E-state index is 0.278. The van der Waals surface area contributed by atoms with Crippen LogP contribution in [0.25, 0.3) is 0 Å². The lowest BCUT2D eigenvalue weighted by atomic mass is 9.91. The molecule has 130 valence electrons. The van der Waals surface area contributed by atoms with Crippen molar-refractivity contribution >= 4 is 17.5 Å². The monoisotopic (exact) mass is 338 g/mol. The van der Waals surface area contributed by atoms with Gasteiger partial charge in [-0.15, -0.1) is 0 Å². The molecule has 3 N–H and O–H groups in total. The summed E-state index contributed by atoms with van der Waals surface area (Å²) < 4.78 is 5.92. The number of carbonyl (C=O) groups is 2. The third-order valence-electron chi connectivity index (χ3n) is 4.48. The Morgan fingerprint density at radius 3 is 2.64 bits per heavy atom. The molecule has 1 aliphatic rings. The first-order valence-corrected chi connectivity index (χ1v) is 8.53. The first kappa shape index (κ1) is 17.0. The lowest BCUT2D eigenvalue weighted by molar-refractivity contribution is -0.122. The van der Waals surface area contributed by atoms with Crippen LogP contribution >= 0.6 is 0 Å². The molecule has 0 bridgehead atoms. The van der Waals surface area contributed by atoms with Crippen LogP contribution < -0.4 is 15.8 Å². The fourth-order valence-electron chi connectivity index (χ4n) is 3.14. The number of nitrogens with two attached hydrogens (primary N) is 1. The van der Waals surface area contributed by atoms with Crippen LogP contribution in [0.2, 0.25) is 0 Å². The molecule has 2 aromatic rings. The van der Waals surface area contributed by atoms with Gasteiger partial charge in [-0.3, -0.25) is 9.59 Å². The predicted molar refractivity (Wildman–Crippen MR) is 96.8 cm³/mol. The van der Waals surface area contributed by atoms with Gasteiger partial charge in [0.05, 0.1) is 11.3 Å². The number of para-hydroxylation sites is 1.